The molecule has 118 valence electrons. The number of piperidine rings is 1. The summed E-state index contributed by atoms with van der Waals surface area (Å²) in [4.78, 5) is 2.60. The van der Waals surface area contributed by atoms with Gasteiger partial charge < -0.3 is 5.32 Å². The fourth-order valence-electron chi connectivity index (χ4n) is 3.78. The van der Waals surface area contributed by atoms with Crippen LogP contribution in [0.2, 0.25) is 0 Å². The molecule has 0 aromatic heterocycles. The van der Waals surface area contributed by atoms with Crippen LogP contribution < -0.4 is 5.32 Å². The van der Waals surface area contributed by atoms with E-state index in [1.54, 1.807) is 12.1 Å². The fraction of sp³-hybridized carbons (Fsp3) is 0.667. The summed E-state index contributed by atoms with van der Waals surface area (Å²) in [6.45, 7) is 8.82. The molecule has 0 bridgehead atoms. The van der Waals surface area contributed by atoms with Gasteiger partial charge in [-0.05, 0) is 76.5 Å². The Labute approximate surface area is 128 Å². The molecule has 2 nitrogen and oxygen atoms in total. The second-order valence-electron chi connectivity index (χ2n) is 6.54. The first-order valence-corrected chi connectivity index (χ1v) is 8.20. The van der Waals surface area contributed by atoms with Crippen LogP contribution in [0.15, 0.2) is 18.2 Å². The van der Waals surface area contributed by atoms with Gasteiger partial charge in [0.05, 0.1) is 6.04 Å². The summed E-state index contributed by atoms with van der Waals surface area (Å²) in [5.41, 5.74) is 2.07. The molecular weight excluding hydrogens is 263 g/mol. The Morgan fingerprint density at radius 3 is 2.43 bits per heavy atom. The van der Waals surface area contributed by atoms with E-state index in [2.05, 4.69) is 30.1 Å². The number of halogens is 1. The van der Waals surface area contributed by atoms with E-state index >= 15 is 0 Å². The number of aryl methyl sites for hydroxylation is 1. The highest BCUT2D eigenvalue weighted by atomic mass is 19.1. The van der Waals surface area contributed by atoms with Gasteiger partial charge in [-0.25, -0.2) is 4.39 Å². The number of rotatable bonds is 5. The zero-order valence-electron chi connectivity index (χ0n) is 13.9. The molecule has 1 aliphatic rings. The minimum atomic E-state index is -0.137. The molecule has 2 atom stereocenters. The summed E-state index contributed by atoms with van der Waals surface area (Å²) < 4.78 is 13.8. The van der Waals surface area contributed by atoms with E-state index in [-0.39, 0.29) is 17.4 Å². The lowest BCUT2D eigenvalue weighted by Crippen LogP contribution is -2.55. The Morgan fingerprint density at radius 2 is 1.90 bits per heavy atom. The van der Waals surface area contributed by atoms with Crippen molar-refractivity contribution in [3.05, 3.63) is 35.1 Å². The highest BCUT2D eigenvalue weighted by Gasteiger charge is 2.38. The largest absolute Gasteiger partial charge is 0.311 e. The summed E-state index contributed by atoms with van der Waals surface area (Å²) in [5, 5.41) is 3.45. The third-order valence-corrected chi connectivity index (χ3v) is 5.10. The molecule has 0 spiro atoms. The second kappa shape index (κ2) is 6.89. The predicted molar refractivity (Wildman–Crippen MR) is 87.1 cm³/mol. The Hall–Kier alpha value is -0.930. The average molecular weight is 292 g/mol. The Kier molecular flexibility index (Phi) is 5.39. The van der Waals surface area contributed by atoms with Gasteiger partial charge in [0.25, 0.3) is 0 Å². The van der Waals surface area contributed by atoms with Crippen molar-refractivity contribution < 1.29 is 4.39 Å². The second-order valence-corrected chi connectivity index (χ2v) is 6.54. The van der Waals surface area contributed by atoms with E-state index in [0.717, 1.165) is 30.6 Å². The van der Waals surface area contributed by atoms with Crippen LogP contribution in [0.3, 0.4) is 0 Å². The quantitative estimate of drug-likeness (QED) is 0.881. The molecule has 1 saturated heterocycles. The molecule has 1 heterocycles. The number of nitrogens with zero attached hydrogens (tertiary/aromatic N) is 1. The average Bonchev–Trinajstić information content (AvgIpc) is 2.47. The summed E-state index contributed by atoms with van der Waals surface area (Å²) in [7, 11) is 1.99. The zero-order chi connectivity index (χ0) is 15.5. The maximum atomic E-state index is 13.8. The molecule has 1 aliphatic heterocycles. The summed E-state index contributed by atoms with van der Waals surface area (Å²) >= 11 is 0. The molecular formula is C18H29FN2. The molecule has 1 aromatic carbocycles. The van der Waals surface area contributed by atoms with Crippen LogP contribution in [0.4, 0.5) is 4.39 Å². The molecule has 21 heavy (non-hydrogen) atoms. The Balaban J connectivity index is 2.35. The standard InChI is InChI=1S/C18H29FN2/c1-5-18(3,21-9-7-6-8-10-21)17(20-4)15-11-14(2)12-16(19)13-15/h11-13,17,20H,5-10H2,1-4H3. The molecule has 0 aliphatic carbocycles. The monoisotopic (exact) mass is 292 g/mol. The lowest BCUT2D eigenvalue weighted by atomic mass is 9.81. The Morgan fingerprint density at radius 1 is 1.24 bits per heavy atom. The van der Waals surface area contributed by atoms with Crippen LogP contribution in [0.1, 0.15) is 56.7 Å². The van der Waals surface area contributed by atoms with Gasteiger partial charge in [-0.2, -0.15) is 0 Å². The Bertz CT molecular complexity index is 448. The molecule has 2 unspecified atom stereocenters. The van der Waals surface area contributed by atoms with Crippen LogP contribution >= 0.6 is 0 Å². The van der Waals surface area contributed by atoms with E-state index in [1.165, 1.54) is 19.3 Å². The molecule has 3 heteroatoms. The van der Waals surface area contributed by atoms with Crippen molar-refractivity contribution in [1.29, 1.82) is 0 Å². The van der Waals surface area contributed by atoms with Crippen LogP contribution in [-0.2, 0) is 0 Å². The predicted octanol–water partition coefficient (Wildman–Crippen LogP) is 4.05. The van der Waals surface area contributed by atoms with Crippen molar-refractivity contribution in [2.24, 2.45) is 0 Å². The molecule has 0 radical (unpaired) electrons. The van der Waals surface area contributed by atoms with E-state index in [9.17, 15) is 4.39 Å². The minimum absolute atomic E-state index is 0.0232. The number of nitrogens with one attached hydrogen (secondary N) is 1. The number of likely N-dealkylation sites (N-methyl/N-ethyl adjacent to an activating group) is 1. The van der Waals surface area contributed by atoms with Gasteiger partial charge in [0.15, 0.2) is 0 Å². The van der Waals surface area contributed by atoms with E-state index in [1.807, 2.05) is 14.0 Å². The molecule has 1 fully saturated rings. The van der Waals surface area contributed by atoms with Gasteiger partial charge in [0.1, 0.15) is 5.82 Å². The zero-order valence-corrected chi connectivity index (χ0v) is 13.9. The summed E-state index contributed by atoms with van der Waals surface area (Å²) in [6.07, 6.45) is 4.93. The minimum Gasteiger partial charge on any atom is -0.311 e. The third kappa shape index (κ3) is 3.46. The number of benzene rings is 1. The normalized spacial score (nSPS) is 21.0. The van der Waals surface area contributed by atoms with Crippen LogP contribution in [0, 0.1) is 12.7 Å². The highest BCUT2D eigenvalue weighted by molar-refractivity contribution is 5.29. The highest BCUT2D eigenvalue weighted by Crippen LogP contribution is 2.36. The lowest BCUT2D eigenvalue weighted by molar-refractivity contribution is 0.0447. The topological polar surface area (TPSA) is 15.3 Å². The molecule has 1 aromatic rings. The SMILES string of the molecule is CCC(C)(C(NC)c1cc(C)cc(F)c1)N1CCCCC1. The number of likely N-dealkylation sites (tertiary alicyclic amines) is 1. The van der Waals surface area contributed by atoms with Crippen molar-refractivity contribution in [2.45, 2.75) is 58.0 Å². The first-order valence-electron chi connectivity index (χ1n) is 8.20. The summed E-state index contributed by atoms with van der Waals surface area (Å²) in [5.74, 6) is -0.137. The van der Waals surface area contributed by atoms with Crippen molar-refractivity contribution in [1.82, 2.24) is 10.2 Å². The maximum Gasteiger partial charge on any atom is 0.123 e. The van der Waals surface area contributed by atoms with Crippen LogP contribution in [0.25, 0.3) is 0 Å². The maximum absolute atomic E-state index is 13.8. The van der Waals surface area contributed by atoms with E-state index in [4.69, 9.17) is 0 Å². The van der Waals surface area contributed by atoms with Gasteiger partial charge in [-0.15, -0.1) is 0 Å². The van der Waals surface area contributed by atoms with Gasteiger partial charge in [0.2, 0.25) is 0 Å². The molecule has 0 saturated carbocycles. The van der Waals surface area contributed by atoms with E-state index < -0.39 is 0 Å². The molecule has 1 N–H and O–H groups in total. The van der Waals surface area contributed by atoms with Crippen LogP contribution in [-0.4, -0.2) is 30.6 Å². The van der Waals surface area contributed by atoms with Crippen molar-refractivity contribution in [3.8, 4) is 0 Å². The van der Waals surface area contributed by atoms with Crippen molar-refractivity contribution >= 4 is 0 Å². The van der Waals surface area contributed by atoms with Crippen LogP contribution in [0.5, 0.6) is 0 Å². The van der Waals surface area contributed by atoms with Gasteiger partial charge in [0, 0.05) is 5.54 Å². The third-order valence-electron chi connectivity index (χ3n) is 5.10. The lowest BCUT2D eigenvalue weighted by Gasteiger charge is -2.48. The first-order chi connectivity index (χ1) is 10.0. The van der Waals surface area contributed by atoms with Gasteiger partial charge in [-0.1, -0.05) is 19.4 Å². The first kappa shape index (κ1) is 16.4. The van der Waals surface area contributed by atoms with Gasteiger partial charge >= 0.3 is 0 Å². The van der Waals surface area contributed by atoms with Gasteiger partial charge in [-0.3, -0.25) is 4.90 Å². The van der Waals surface area contributed by atoms with Crippen molar-refractivity contribution in [3.63, 3.8) is 0 Å². The smallest absolute Gasteiger partial charge is 0.123 e. The number of hydrogen-bond acceptors (Lipinski definition) is 2. The van der Waals surface area contributed by atoms with Crippen molar-refractivity contribution in [2.75, 3.05) is 20.1 Å². The van der Waals surface area contributed by atoms with E-state index in [0.29, 0.717) is 0 Å². The summed E-state index contributed by atoms with van der Waals surface area (Å²) in [6, 6.07) is 5.55. The molecule has 0 amide bonds. The number of hydrogen-bond donors (Lipinski definition) is 1. The fourth-order valence-corrected chi connectivity index (χ4v) is 3.78. The molecule has 2 rings (SSSR count).